The van der Waals surface area contributed by atoms with Crippen LogP contribution < -0.4 is 9.62 Å². The number of carbonyl (C=O) groups is 2. The number of rotatable bonds is 10. The van der Waals surface area contributed by atoms with Gasteiger partial charge in [-0.1, -0.05) is 60.0 Å². The summed E-state index contributed by atoms with van der Waals surface area (Å²) in [6.45, 7) is 5.57. The van der Waals surface area contributed by atoms with E-state index in [0.29, 0.717) is 6.54 Å². The van der Waals surface area contributed by atoms with Crippen LogP contribution in [0.25, 0.3) is 0 Å². The van der Waals surface area contributed by atoms with E-state index in [2.05, 4.69) is 5.32 Å². The first kappa shape index (κ1) is 27.0. The van der Waals surface area contributed by atoms with E-state index in [9.17, 15) is 18.0 Å². The number of benzene rings is 2. The molecule has 33 heavy (non-hydrogen) atoms. The van der Waals surface area contributed by atoms with Crippen molar-refractivity contribution in [2.75, 3.05) is 23.7 Å². The lowest BCUT2D eigenvalue weighted by molar-refractivity contribution is -0.139. The Morgan fingerprint density at radius 1 is 1.12 bits per heavy atom. The Morgan fingerprint density at radius 2 is 1.82 bits per heavy atom. The summed E-state index contributed by atoms with van der Waals surface area (Å²) in [6.07, 6.45) is 1.74. The topological polar surface area (TPSA) is 86.8 Å². The monoisotopic (exact) mass is 513 g/mol. The summed E-state index contributed by atoms with van der Waals surface area (Å²) in [4.78, 5) is 27.5. The smallest absolute Gasteiger partial charge is 0.244 e. The zero-order chi connectivity index (χ0) is 24.8. The number of halogens is 2. The Hall–Kier alpha value is -2.29. The first-order valence-electron chi connectivity index (χ1n) is 10.5. The lowest BCUT2D eigenvalue weighted by atomic mass is 10.1. The van der Waals surface area contributed by atoms with Crippen molar-refractivity contribution in [3.8, 4) is 0 Å². The Bertz CT molecular complexity index is 1110. The Morgan fingerprint density at radius 3 is 2.42 bits per heavy atom. The molecule has 2 aromatic rings. The van der Waals surface area contributed by atoms with Gasteiger partial charge in [0, 0.05) is 18.1 Å². The van der Waals surface area contributed by atoms with Gasteiger partial charge < -0.3 is 10.2 Å². The van der Waals surface area contributed by atoms with Crippen LogP contribution in [0, 0.1) is 6.92 Å². The zero-order valence-electron chi connectivity index (χ0n) is 19.1. The fraction of sp³-hybridized carbons (Fsp3) is 0.391. The summed E-state index contributed by atoms with van der Waals surface area (Å²) < 4.78 is 26.1. The molecule has 0 aliphatic carbocycles. The third-order valence-corrected chi connectivity index (χ3v) is 6.69. The molecule has 7 nitrogen and oxygen atoms in total. The van der Waals surface area contributed by atoms with Crippen LogP contribution >= 0.6 is 23.2 Å². The second kappa shape index (κ2) is 11.7. The fourth-order valence-electron chi connectivity index (χ4n) is 3.26. The van der Waals surface area contributed by atoms with Gasteiger partial charge in [-0.2, -0.15) is 0 Å². The zero-order valence-corrected chi connectivity index (χ0v) is 21.5. The highest BCUT2D eigenvalue weighted by Crippen LogP contribution is 2.30. The van der Waals surface area contributed by atoms with Crippen LogP contribution in [0.2, 0.25) is 10.0 Å². The van der Waals surface area contributed by atoms with Crippen molar-refractivity contribution in [2.45, 2.75) is 39.8 Å². The van der Waals surface area contributed by atoms with Gasteiger partial charge in [0.25, 0.3) is 0 Å². The van der Waals surface area contributed by atoms with Crippen molar-refractivity contribution in [1.29, 1.82) is 0 Å². The third-order valence-electron chi connectivity index (χ3n) is 5.01. The molecule has 0 heterocycles. The van der Waals surface area contributed by atoms with Crippen LogP contribution in [0.15, 0.2) is 42.5 Å². The van der Waals surface area contributed by atoms with Crippen molar-refractivity contribution in [3.63, 3.8) is 0 Å². The first-order chi connectivity index (χ1) is 15.4. The Balaban J connectivity index is 2.42. The van der Waals surface area contributed by atoms with Gasteiger partial charge in [-0.25, -0.2) is 8.42 Å². The minimum absolute atomic E-state index is 0.0959. The number of anilines is 1. The molecule has 0 bridgehead atoms. The molecule has 1 unspecified atom stereocenters. The van der Waals surface area contributed by atoms with Crippen LogP contribution in [-0.2, 0) is 26.2 Å². The van der Waals surface area contributed by atoms with Gasteiger partial charge in [0.2, 0.25) is 21.8 Å². The van der Waals surface area contributed by atoms with E-state index in [4.69, 9.17) is 23.2 Å². The van der Waals surface area contributed by atoms with Crippen molar-refractivity contribution in [1.82, 2.24) is 10.2 Å². The minimum atomic E-state index is -3.88. The van der Waals surface area contributed by atoms with Crippen molar-refractivity contribution in [3.05, 3.63) is 63.6 Å². The number of carbonyl (C=O) groups excluding carboxylic acids is 2. The minimum Gasteiger partial charge on any atom is -0.354 e. The van der Waals surface area contributed by atoms with Gasteiger partial charge in [0.05, 0.1) is 17.0 Å². The van der Waals surface area contributed by atoms with E-state index in [1.54, 1.807) is 6.92 Å². The van der Waals surface area contributed by atoms with E-state index in [1.165, 1.54) is 23.1 Å². The second-order valence-electron chi connectivity index (χ2n) is 7.84. The molecule has 0 saturated carbocycles. The van der Waals surface area contributed by atoms with E-state index < -0.39 is 28.5 Å². The standard InChI is InChI=1S/C23H29Cl2N3O4S/c1-5-11-26-23(30)17(3)27(14-18-8-6-7-16(2)12-18)22(29)15-28(33(4,31)32)21-13-19(24)9-10-20(21)25/h6-10,12-13,17H,5,11,14-15H2,1-4H3,(H,26,30). The number of nitrogens with zero attached hydrogens (tertiary/aromatic N) is 2. The molecule has 0 aliphatic heterocycles. The predicted octanol–water partition coefficient (Wildman–Crippen LogP) is 4.01. The van der Waals surface area contributed by atoms with Gasteiger partial charge in [-0.15, -0.1) is 0 Å². The highest BCUT2D eigenvalue weighted by molar-refractivity contribution is 7.92. The second-order valence-corrected chi connectivity index (χ2v) is 10.6. The number of sulfonamides is 1. The summed E-state index contributed by atoms with van der Waals surface area (Å²) in [5, 5.41) is 3.21. The summed E-state index contributed by atoms with van der Waals surface area (Å²) >= 11 is 12.3. The van der Waals surface area contributed by atoms with E-state index in [1.807, 2.05) is 38.1 Å². The molecular weight excluding hydrogens is 485 g/mol. The van der Waals surface area contributed by atoms with Crippen LogP contribution in [0.4, 0.5) is 5.69 Å². The first-order valence-corrected chi connectivity index (χ1v) is 13.1. The average Bonchev–Trinajstić information content (AvgIpc) is 2.74. The van der Waals surface area contributed by atoms with Gasteiger partial charge in [-0.3, -0.25) is 13.9 Å². The van der Waals surface area contributed by atoms with Crippen LogP contribution in [0.3, 0.4) is 0 Å². The molecule has 0 saturated heterocycles. The number of hydrogen-bond acceptors (Lipinski definition) is 4. The molecule has 2 rings (SSSR count). The molecule has 0 fully saturated rings. The lowest BCUT2D eigenvalue weighted by Crippen LogP contribution is -2.51. The largest absolute Gasteiger partial charge is 0.354 e. The van der Waals surface area contributed by atoms with E-state index in [0.717, 1.165) is 28.1 Å². The quantitative estimate of drug-likeness (QED) is 0.519. The van der Waals surface area contributed by atoms with Crippen LogP contribution in [0.1, 0.15) is 31.4 Å². The number of nitrogens with one attached hydrogen (secondary N) is 1. The fourth-order valence-corrected chi connectivity index (χ4v) is 4.55. The molecule has 1 atom stereocenters. The molecule has 2 amide bonds. The molecule has 0 aromatic heterocycles. The lowest BCUT2D eigenvalue weighted by Gasteiger charge is -2.31. The normalized spacial score (nSPS) is 12.2. The highest BCUT2D eigenvalue weighted by Gasteiger charge is 2.30. The molecule has 2 aromatic carbocycles. The average molecular weight is 514 g/mol. The molecular formula is C23H29Cl2N3O4S. The predicted molar refractivity (Wildman–Crippen MR) is 133 cm³/mol. The molecule has 1 N–H and O–H groups in total. The Kier molecular flexibility index (Phi) is 9.57. The highest BCUT2D eigenvalue weighted by atomic mass is 35.5. The van der Waals surface area contributed by atoms with Gasteiger partial charge in [0.15, 0.2) is 0 Å². The maximum absolute atomic E-state index is 13.4. The third kappa shape index (κ3) is 7.62. The van der Waals surface area contributed by atoms with E-state index >= 15 is 0 Å². The summed E-state index contributed by atoms with van der Waals surface area (Å²) in [5.74, 6) is -0.860. The molecule has 180 valence electrons. The van der Waals surface area contributed by atoms with Crippen molar-refractivity contribution >= 4 is 50.7 Å². The van der Waals surface area contributed by atoms with Crippen LogP contribution in [0.5, 0.6) is 0 Å². The number of aryl methyl sites for hydroxylation is 1. The molecule has 0 aliphatic rings. The van der Waals surface area contributed by atoms with Crippen molar-refractivity contribution < 1.29 is 18.0 Å². The summed E-state index contributed by atoms with van der Waals surface area (Å²) in [6, 6.07) is 11.1. The molecule has 10 heteroatoms. The molecule has 0 spiro atoms. The Labute approximate surface area is 205 Å². The van der Waals surface area contributed by atoms with Crippen LogP contribution in [-0.4, -0.2) is 50.5 Å². The number of amides is 2. The summed E-state index contributed by atoms with van der Waals surface area (Å²) in [7, 11) is -3.88. The number of hydrogen-bond donors (Lipinski definition) is 1. The SMILES string of the molecule is CCCNC(=O)C(C)N(Cc1cccc(C)c1)C(=O)CN(c1cc(Cl)ccc1Cl)S(C)(=O)=O. The van der Waals surface area contributed by atoms with Gasteiger partial charge in [-0.05, 0) is 44.0 Å². The maximum Gasteiger partial charge on any atom is 0.244 e. The van der Waals surface area contributed by atoms with Gasteiger partial charge >= 0.3 is 0 Å². The summed E-state index contributed by atoms with van der Waals surface area (Å²) in [5.41, 5.74) is 1.93. The van der Waals surface area contributed by atoms with Gasteiger partial charge in [0.1, 0.15) is 12.6 Å². The molecule has 0 radical (unpaired) electrons. The van der Waals surface area contributed by atoms with Crippen molar-refractivity contribution in [2.24, 2.45) is 0 Å². The van der Waals surface area contributed by atoms with E-state index in [-0.39, 0.29) is 28.2 Å². The maximum atomic E-state index is 13.4.